The van der Waals surface area contributed by atoms with Crippen LogP contribution < -0.4 is 5.73 Å². The number of hydrogen-bond acceptors (Lipinski definition) is 2. The highest BCUT2D eigenvalue weighted by molar-refractivity contribution is 7.81. The highest BCUT2D eigenvalue weighted by Gasteiger charge is 2.50. The molecule has 4 bridgehead atoms. The first-order chi connectivity index (χ1) is 7.69. The van der Waals surface area contributed by atoms with Gasteiger partial charge in [-0.15, -0.1) is 0 Å². The SMILES string of the molecule is NC(CS)=NCC12CC3CC(CC(C3)C1)C2. The molecule has 0 amide bonds. The zero-order chi connectivity index (χ0) is 11.2. The van der Waals surface area contributed by atoms with Gasteiger partial charge < -0.3 is 5.73 Å². The van der Waals surface area contributed by atoms with Crippen molar-refractivity contribution in [3.05, 3.63) is 0 Å². The number of hydrogen-bond donors (Lipinski definition) is 2. The minimum atomic E-state index is 0.530. The lowest BCUT2D eigenvalue weighted by Crippen LogP contribution is -2.47. The molecule has 90 valence electrons. The molecule has 0 aromatic rings. The van der Waals surface area contributed by atoms with Crippen molar-refractivity contribution in [2.75, 3.05) is 12.3 Å². The van der Waals surface area contributed by atoms with Gasteiger partial charge in [-0.3, -0.25) is 4.99 Å². The van der Waals surface area contributed by atoms with Crippen LogP contribution in [-0.4, -0.2) is 18.1 Å². The van der Waals surface area contributed by atoms with Gasteiger partial charge >= 0.3 is 0 Å². The second-order valence-corrected chi connectivity index (χ2v) is 6.70. The number of thiol groups is 1. The topological polar surface area (TPSA) is 38.4 Å². The minimum Gasteiger partial charge on any atom is -0.387 e. The van der Waals surface area contributed by atoms with E-state index in [4.69, 9.17) is 5.73 Å². The minimum absolute atomic E-state index is 0.530. The lowest BCUT2D eigenvalue weighted by molar-refractivity contribution is -0.0465. The molecular formula is C13H22N2S. The van der Waals surface area contributed by atoms with Gasteiger partial charge in [-0.1, -0.05) is 0 Å². The van der Waals surface area contributed by atoms with Crippen LogP contribution in [0.5, 0.6) is 0 Å². The zero-order valence-electron chi connectivity index (χ0n) is 9.86. The van der Waals surface area contributed by atoms with Gasteiger partial charge in [0.15, 0.2) is 0 Å². The monoisotopic (exact) mass is 238 g/mol. The lowest BCUT2D eigenvalue weighted by Gasteiger charge is -2.56. The Bertz CT molecular complexity index is 276. The Labute approximate surface area is 103 Å². The molecule has 4 rings (SSSR count). The van der Waals surface area contributed by atoms with Gasteiger partial charge in [-0.2, -0.15) is 12.6 Å². The molecule has 4 fully saturated rings. The summed E-state index contributed by atoms with van der Waals surface area (Å²) in [7, 11) is 0. The molecule has 4 aliphatic rings. The van der Waals surface area contributed by atoms with E-state index < -0.39 is 0 Å². The Hall–Kier alpha value is -0.180. The van der Waals surface area contributed by atoms with Crippen molar-refractivity contribution in [2.24, 2.45) is 33.9 Å². The predicted octanol–water partition coefficient (Wildman–Crippen LogP) is 2.49. The van der Waals surface area contributed by atoms with Gasteiger partial charge in [0, 0.05) is 12.3 Å². The summed E-state index contributed by atoms with van der Waals surface area (Å²) < 4.78 is 0. The van der Waals surface area contributed by atoms with Gasteiger partial charge in [0.1, 0.15) is 5.84 Å². The smallest absolute Gasteiger partial charge is 0.103 e. The maximum atomic E-state index is 5.78. The fraction of sp³-hybridized carbons (Fsp3) is 0.923. The molecule has 2 N–H and O–H groups in total. The molecule has 0 spiro atoms. The Morgan fingerprint density at radius 1 is 1.12 bits per heavy atom. The van der Waals surface area contributed by atoms with Crippen molar-refractivity contribution >= 4 is 18.5 Å². The van der Waals surface area contributed by atoms with Crippen LogP contribution in [0.3, 0.4) is 0 Å². The maximum absolute atomic E-state index is 5.78. The van der Waals surface area contributed by atoms with E-state index in [1.165, 1.54) is 38.5 Å². The Kier molecular flexibility index (Phi) is 2.69. The van der Waals surface area contributed by atoms with E-state index in [2.05, 4.69) is 17.6 Å². The zero-order valence-corrected chi connectivity index (χ0v) is 10.8. The summed E-state index contributed by atoms with van der Waals surface area (Å²) in [4.78, 5) is 4.55. The Morgan fingerprint density at radius 2 is 1.62 bits per heavy atom. The average Bonchev–Trinajstić information content (AvgIpc) is 2.24. The molecule has 4 aliphatic carbocycles. The first-order valence-electron chi connectivity index (χ1n) is 6.59. The van der Waals surface area contributed by atoms with Crippen molar-refractivity contribution in [2.45, 2.75) is 38.5 Å². The molecule has 0 aromatic carbocycles. The van der Waals surface area contributed by atoms with Crippen LogP contribution in [0.25, 0.3) is 0 Å². The van der Waals surface area contributed by atoms with Gasteiger partial charge in [-0.05, 0) is 61.7 Å². The molecule has 16 heavy (non-hydrogen) atoms. The van der Waals surface area contributed by atoms with Crippen LogP contribution in [-0.2, 0) is 0 Å². The summed E-state index contributed by atoms with van der Waals surface area (Å²) >= 11 is 4.17. The number of nitrogens with two attached hydrogens (primary N) is 1. The lowest BCUT2D eigenvalue weighted by atomic mass is 9.49. The first-order valence-corrected chi connectivity index (χ1v) is 7.22. The van der Waals surface area contributed by atoms with E-state index in [9.17, 15) is 0 Å². The molecule has 0 aromatic heterocycles. The van der Waals surface area contributed by atoms with E-state index in [1.54, 1.807) is 0 Å². The van der Waals surface area contributed by atoms with Crippen molar-refractivity contribution in [3.63, 3.8) is 0 Å². The second kappa shape index (κ2) is 3.94. The standard InChI is InChI=1S/C13H22N2S/c14-12(7-16)15-8-13-4-9-1-10(5-13)3-11(2-9)6-13/h9-11,16H,1-8H2,(H2,14,15). The Balaban J connectivity index is 1.73. The van der Waals surface area contributed by atoms with Crippen LogP contribution in [0, 0.1) is 23.2 Å². The number of aliphatic imine (C=N–C) groups is 1. The highest BCUT2D eigenvalue weighted by Crippen LogP contribution is 2.60. The third-order valence-corrected chi connectivity index (χ3v) is 5.27. The molecule has 2 nitrogen and oxygen atoms in total. The molecule has 0 heterocycles. The molecule has 0 saturated heterocycles. The Morgan fingerprint density at radius 3 is 2.06 bits per heavy atom. The fourth-order valence-corrected chi connectivity index (χ4v) is 4.90. The second-order valence-electron chi connectivity index (χ2n) is 6.38. The van der Waals surface area contributed by atoms with Crippen LogP contribution in [0.15, 0.2) is 4.99 Å². The number of amidine groups is 1. The van der Waals surface area contributed by atoms with Crippen molar-refractivity contribution in [1.29, 1.82) is 0 Å². The summed E-state index contributed by atoms with van der Waals surface area (Å²) in [5.41, 5.74) is 6.31. The molecule has 0 aliphatic heterocycles. The van der Waals surface area contributed by atoms with Crippen molar-refractivity contribution in [3.8, 4) is 0 Å². The van der Waals surface area contributed by atoms with Crippen LogP contribution in [0.1, 0.15) is 38.5 Å². The summed E-state index contributed by atoms with van der Waals surface area (Å²) in [5.74, 6) is 4.36. The third-order valence-electron chi connectivity index (χ3n) is 4.94. The average molecular weight is 238 g/mol. The van der Waals surface area contributed by atoms with Crippen LogP contribution >= 0.6 is 12.6 Å². The molecule has 0 unspecified atom stereocenters. The number of rotatable bonds is 3. The molecule has 3 heteroatoms. The summed E-state index contributed by atoms with van der Waals surface area (Å²) in [5, 5.41) is 0. The predicted molar refractivity (Wildman–Crippen MR) is 70.9 cm³/mol. The van der Waals surface area contributed by atoms with Crippen molar-refractivity contribution in [1.82, 2.24) is 0 Å². The van der Waals surface area contributed by atoms with Crippen molar-refractivity contribution < 1.29 is 0 Å². The van der Waals surface area contributed by atoms with E-state index >= 15 is 0 Å². The normalized spacial score (nSPS) is 46.3. The molecule has 0 radical (unpaired) electrons. The number of nitrogens with zero attached hydrogens (tertiary/aromatic N) is 1. The van der Waals surface area contributed by atoms with Gasteiger partial charge in [0.2, 0.25) is 0 Å². The largest absolute Gasteiger partial charge is 0.387 e. The summed E-state index contributed by atoms with van der Waals surface area (Å²) in [6, 6.07) is 0. The van der Waals surface area contributed by atoms with E-state index in [0.717, 1.165) is 30.1 Å². The third kappa shape index (κ3) is 1.87. The maximum Gasteiger partial charge on any atom is 0.103 e. The first kappa shape index (κ1) is 10.9. The molecular weight excluding hydrogens is 216 g/mol. The quantitative estimate of drug-likeness (QED) is 0.442. The fourth-order valence-electron chi connectivity index (χ4n) is 4.80. The van der Waals surface area contributed by atoms with Crippen LogP contribution in [0.2, 0.25) is 0 Å². The van der Waals surface area contributed by atoms with E-state index in [1.807, 2.05) is 0 Å². The van der Waals surface area contributed by atoms with Crippen LogP contribution in [0.4, 0.5) is 0 Å². The summed E-state index contributed by atoms with van der Waals surface area (Å²) in [6.45, 7) is 0.975. The van der Waals surface area contributed by atoms with Gasteiger partial charge in [0.25, 0.3) is 0 Å². The highest BCUT2D eigenvalue weighted by atomic mass is 32.1. The summed E-state index contributed by atoms with van der Waals surface area (Å²) in [6.07, 6.45) is 8.77. The molecule has 4 saturated carbocycles. The molecule has 0 atom stereocenters. The van der Waals surface area contributed by atoms with Gasteiger partial charge in [-0.25, -0.2) is 0 Å². The van der Waals surface area contributed by atoms with Gasteiger partial charge in [0.05, 0.1) is 0 Å². The van der Waals surface area contributed by atoms with E-state index in [0.29, 0.717) is 11.2 Å². The van der Waals surface area contributed by atoms with E-state index in [-0.39, 0.29) is 0 Å².